The summed E-state index contributed by atoms with van der Waals surface area (Å²) in [5.41, 5.74) is 1.56. The first-order chi connectivity index (χ1) is 17.2. The third-order valence-electron chi connectivity index (χ3n) is 4.55. The van der Waals surface area contributed by atoms with Crippen LogP contribution in [-0.2, 0) is 19.8 Å². The van der Waals surface area contributed by atoms with E-state index in [1.165, 1.54) is 73.3 Å². The van der Waals surface area contributed by atoms with E-state index in [1.807, 2.05) is 0 Å². The van der Waals surface area contributed by atoms with Crippen molar-refractivity contribution in [1.82, 2.24) is 19.9 Å². The molecule has 0 saturated carbocycles. The van der Waals surface area contributed by atoms with Gasteiger partial charge in [-0.15, -0.1) is 0 Å². The summed E-state index contributed by atoms with van der Waals surface area (Å²) in [5.74, 6) is -4.30. The van der Waals surface area contributed by atoms with Crippen LogP contribution in [0.15, 0.2) is 73.3 Å². The molecule has 0 radical (unpaired) electrons. The normalized spacial score (nSPS) is 9.73. The maximum Gasteiger partial charge on any atom is 0.335 e. The molecule has 0 aromatic carbocycles. The Bertz CT molecular complexity index is 1260. The van der Waals surface area contributed by atoms with Crippen molar-refractivity contribution in [2.75, 3.05) is 0 Å². The number of hydrogen-bond acceptors (Lipinski definition) is 8. The van der Waals surface area contributed by atoms with E-state index in [4.69, 9.17) is 20.4 Å². The molecule has 188 valence electrons. The number of pyridine rings is 4. The molecule has 0 saturated heterocycles. The third kappa shape index (κ3) is 7.55. The molecule has 12 nitrogen and oxygen atoms in total. The molecule has 0 aliphatic heterocycles. The summed E-state index contributed by atoms with van der Waals surface area (Å²) >= 11 is 0. The summed E-state index contributed by atoms with van der Waals surface area (Å²) in [4.78, 5) is 59.2. The van der Waals surface area contributed by atoms with Crippen LogP contribution in [0.5, 0.6) is 0 Å². The van der Waals surface area contributed by atoms with E-state index in [2.05, 4.69) is 19.9 Å². The average molecular weight is 679 g/mol. The predicted molar refractivity (Wildman–Crippen MR) is 123 cm³/mol. The van der Waals surface area contributed by atoms with Crippen molar-refractivity contribution < 1.29 is 59.4 Å². The fourth-order valence-electron chi connectivity index (χ4n) is 2.81. The monoisotopic (exact) mass is 680 g/mol. The number of carboxylic acid groups (broad SMARTS) is 4. The van der Waals surface area contributed by atoms with Crippen LogP contribution in [0.25, 0.3) is 22.8 Å². The summed E-state index contributed by atoms with van der Waals surface area (Å²) in [6.07, 6.45) is 5.36. The second-order valence-corrected chi connectivity index (χ2v) is 6.94. The molecule has 0 amide bonds. The minimum absolute atomic E-state index is 0. The van der Waals surface area contributed by atoms with Crippen molar-refractivity contribution in [3.8, 4) is 22.8 Å². The van der Waals surface area contributed by atoms with Crippen molar-refractivity contribution in [3.05, 3.63) is 95.6 Å². The first-order valence-corrected chi connectivity index (χ1v) is 9.94. The van der Waals surface area contributed by atoms with Crippen molar-refractivity contribution in [2.24, 2.45) is 0 Å². The third-order valence-corrected chi connectivity index (χ3v) is 4.55. The van der Waals surface area contributed by atoms with Gasteiger partial charge in [0.05, 0.1) is 45.0 Å². The molecule has 4 N–H and O–H groups in total. The van der Waals surface area contributed by atoms with E-state index in [9.17, 15) is 19.2 Å². The largest absolute Gasteiger partial charge is 0.478 e. The molecule has 13 heteroatoms. The van der Waals surface area contributed by atoms with Crippen molar-refractivity contribution in [1.29, 1.82) is 0 Å². The molecular weight excluding hydrogens is 663 g/mol. The fraction of sp³-hybridized carbons (Fsp3) is 0. The molecule has 0 spiro atoms. The first-order valence-electron chi connectivity index (χ1n) is 9.94. The molecule has 0 atom stereocenters. The number of hydrogen-bond donors (Lipinski definition) is 4. The van der Waals surface area contributed by atoms with Gasteiger partial charge in [0, 0.05) is 44.6 Å². The Hall–Kier alpha value is -4.88. The van der Waals surface area contributed by atoms with Crippen molar-refractivity contribution >= 4 is 23.9 Å². The van der Waals surface area contributed by atoms with Crippen molar-refractivity contribution in [3.63, 3.8) is 0 Å². The molecule has 4 aromatic heterocycles. The fourth-order valence-corrected chi connectivity index (χ4v) is 2.81. The van der Waals surface area contributed by atoms with Gasteiger partial charge in [0.2, 0.25) is 0 Å². The average Bonchev–Trinajstić information content (AvgIpc) is 2.89. The molecule has 4 heterocycles. The van der Waals surface area contributed by atoms with Gasteiger partial charge in [0.1, 0.15) is 0 Å². The zero-order valence-electron chi connectivity index (χ0n) is 18.5. The molecule has 0 unspecified atom stereocenters. The Morgan fingerprint density at radius 2 is 0.622 bits per heavy atom. The smallest absolute Gasteiger partial charge is 0.335 e. The maximum absolute atomic E-state index is 10.8. The minimum Gasteiger partial charge on any atom is -0.478 e. The van der Waals surface area contributed by atoms with Gasteiger partial charge in [0.25, 0.3) is 0 Å². The van der Waals surface area contributed by atoms with Gasteiger partial charge in [-0.25, -0.2) is 19.2 Å². The van der Waals surface area contributed by atoms with Gasteiger partial charge in [-0.1, -0.05) is 0 Å². The second kappa shape index (κ2) is 12.7. The maximum atomic E-state index is 10.8. The molecule has 4 aromatic rings. The van der Waals surface area contributed by atoms with Crippen LogP contribution >= 0.6 is 0 Å². The molecule has 0 bridgehead atoms. The van der Waals surface area contributed by atoms with Gasteiger partial charge in [0.15, 0.2) is 0 Å². The van der Waals surface area contributed by atoms with E-state index in [0.29, 0.717) is 22.8 Å². The number of nitrogens with zero attached hydrogens (tertiary/aromatic N) is 4. The van der Waals surface area contributed by atoms with Crippen LogP contribution in [0.1, 0.15) is 41.4 Å². The molecule has 0 aliphatic carbocycles. The van der Waals surface area contributed by atoms with E-state index >= 15 is 0 Å². The molecule has 37 heavy (non-hydrogen) atoms. The Balaban J connectivity index is 0.000000253. The number of carboxylic acids is 4. The molecule has 0 aliphatic rings. The standard InChI is InChI=1S/2C12H8N2O4.Os/c2*15-11(16)7-1-3-13-9(5-7)10-6-8(12(17)18)2-4-14-10;/h2*1-6H,(H,15,16)(H,17,18);. The van der Waals surface area contributed by atoms with Crippen LogP contribution < -0.4 is 0 Å². The van der Waals surface area contributed by atoms with Gasteiger partial charge in [-0.2, -0.15) is 0 Å². The van der Waals surface area contributed by atoms with Gasteiger partial charge in [-0.3, -0.25) is 19.9 Å². The zero-order chi connectivity index (χ0) is 26.2. The molecule has 0 fully saturated rings. The Kier molecular flexibility index (Phi) is 9.74. The van der Waals surface area contributed by atoms with Gasteiger partial charge in [-0.05, 0) is 48.5 Å². The quantitative estimate of drug-likeness (QED) is 0.233. The van der Waals surface area contributed by atoms with Crippen LogP contribution in [0.2, 0.25) is 0 Å². The number of aromatic carboxylic acids is 4. The van der Waals surface area contributed by atoms with Crippen LogP contribution in [0.3, 0.4) is 0 Å². The second-order valence-electron chi connectivity index (χ2n) is 6.94. The van der Waals surface area contributed by atoms with E-state index in [-0.39, 0.29) is 42.0 Å². The Morgan fingerprint density at radius 3 is 0.784 bits per heavy atom. The first kappa shape index (κ1) is 28.4. The predicted octanol–water partition coefficient (Wildman–Crippen LogP) is 3.08. The molecule has 4 rings (SSSR count). The van der Waals surface area contributed by atoms with Crippen molar-refractivity contribution in [2.45, 2.75) is 0 Å². The summed E-state index contributed by atoms with van der Waals surface area (Å²) in [5, 5.41) is 35.4. The van der Waals surface area contributed by atoms with E-state index < -0.39 is 23.9 Å². The Labute approximate surface area is 221 Å². The topological polar surface area (TPSA) is 201 Å². The van der Waals surface area contributed by atoms with Crippen LogP contribution in [0, 0.1) is 0 Å². The molecular formula is C24H16N4O8Os. The number of carbonyl (C=O) groups is 4. The number of aromatic nitrogens is 4. The van der Waals surface area contributed by atoms with E-state index in [0.717, 1.165) is 0 Å². The van der Waals surface area contributed by atoms with Gasteiger partial charge >= 0.3 is 23.9 Å². The summed E-state index contributed by atoms with van der Waals surface area (Å²) < 4.78 is 0. The number of rotatable bonds is 6. The van der Waals surface area contributed by atoms with E-state index in [1.54, 1.807) is 0 Å². The SMILES string of the molecule is O=C(O)c1ccnc(-c2cc(C(=O)O)ccn2)c1.O=C(O)c1ccnc(-c2cc(C(=O)O)ccn2)c1.[Os]. The summed E-state index contributed by atoms with van der Waals surface area (Å²) in [6.45, 7) is 0. The minimum atomic E-state index is -1.08. The summed E-state index contributed by atoms with van der Waals surface area (Å²) in [7, 11) is 0. The zero-order valence-corrected chi connectivity index (χ0v) is 21.0. The van der Waals surface area contributed by atoms with Crippen LogP contribution in [-0.4, -0.2) is 64.2 Å². The Morgan fingerprint density at radius 1 is 0.432 bits per heavy atom. The summed E-state index contributed by atoms with van der Waals surface area (Å²) in [6, 6.07) is 10.8. The van der Waals surface area contributed by atoms with Crippen LogP contribution in [0.4, 0.5) is 0 Å². The van der Waals surface area contributed by atoms with Gasteiger partial charge < -0.3 is 20.4 Å².